The van der Waals surface area contributed by atoms with Crippen molar-refractivity contribution in [1.29, 1.82) is 10.5 Å². The topological polar surface area (TPSA) is 72.0 Å². The minimum atomic E-state index is -0.199. The number of nitrogens with zero attached hydrogens (tertiary/aromatic N) is 3. The maximum absolute atomic E-state index is 8.62. The van der Waals surface area contributed by atoms with Crippen LogP contribution in [0, 0.1) is 22.7 Å². The lowest BCUT2D eigenvalue weighted by molar-refractivity contribution is 1.34. The average molecular weight is 252 g/mol. The van der Waals surface area contributed by atoms with Crippen LogP contribution in [-0.2, 0) is 0 Å². The summed E-state index contributed by atoms with van der Waals surface area (Å²) in [6, 6.07) is 13.0. The van der Waals surface area contributed by atoms with E-state index in [-0.39, 0.29) is 5.71 Å². The fraction of sp³-hybridized carbons (Fsp3) is 0. The molecule has 86 valence electrons. The highest BCUT2D eigenvalue weighted by molar-refractivity contribution is 7.08. The van der Waals surface area contributed by atoms with E-state index in [1.54, 1.807) is 23.5 Å². The Bertz CT molecular complexity index is 628. The molecule has 0 saturated heterocycles. The standard InChI is InChI=1S/C13H8N4S/c14-7-11(8-15)16-17-13-4-2-1-3-12(13)10-5-6-18-9-10/h1-6,9,17H. The predicted molar refractivity (Wildman–Crippen MR) is 72.0 cm³/mol. The number of thiophene rings is 1. The Hall–Kier alpha value is -2.63. The third-order valence-electron chi connectivity index (χ3n) is 2.26. The molecule has 1 heterocycles. The summed E-state index contributed by atoms with van der Waals surface area (Å²) in [5, 5.41) is 25.0. The van der Waals surface area contributed by atoms with Crippen LogP contribution >= 0.6 is 11.3 Å². The van der Waals surface area contributed by atoms with E-state index in [0.717, 1.165) is 16.8 Å². The summed E-state index contributed by atoms with van der Waals surface area (Å²) in [7, 11) is 0. The molecule has 2 rings (SSSR count). The highest BCUT2D eigenvalue weighted by Crippen LogP contribution is 2.29. The van der Waals surface area contributed by atoms with Gasteiger partial charge in [0.1, 0.15) is 12.1 Å². The van der Waals surface area contributed by atoms with E-state index in [9.17, 15) is 0 Å². The first-order valence-electron chi connectivity index (χ1n) is 5.10. The van der Waals surface area contributed by atoms with Crippen molar-refractivity contribution in [1.82, 2.24) is 0 Å². The Labute approximate surface area is 108 Å². The number of nitrogens with one attached hydrogen (secondary N) is 1. The van der Waals surface area contributed by atoms with Gasteiger partial charge in [0.2, 0.25) is 5.71 Å². The van der Waals surface area contributed by atoms with Crippen molar-refractivity contribution in [3.63, 3.8) is 0 Å². The van der Waals surface area contributed by atoms with Crippen LogP contribution in [0.15, 0.2) is 46.2 Å². The van der Waals surface area contributed by atoms with Crippen molar-refractivity contribution < 1.29 is 0 Å². The lowest BCUT2D eigenvalue weighted by Crippen LogP contribution is -1.97. The average Bonchev–Trinajstić information content (AvgIpc) is 2.94. The number of hydrogen-bond donors (Lipinski definition) is 1. The van der Waals surface area contributed by atoms with Gasteiger partial charge in [-0.2, -0.15) is 27.0 Å². The molecule has 18 heavy (non-hydrogen) atoms. The molecule has 4 nitrogen and oxygen atoms in total. The molecule has 0 bridgehead atoms. The van der Waals surface area contributed by atoms with Gasteiger partial charge >= 0.3 is 0 Å². The molecule has 2 aromatic rings. The molecule has 0 aliphatic heterocycles. The second-order valence-electron chi connectivity index (χ2n) is 3.35. The van der Waals surface area contributed by atoms with Crippen molar-refractivity contribution in [3.8, 4) is 23.3 Å². The Morgan fingerprint density at radius 2 is 1.94 bits per heavy atom. The van der Waals surface area contributed by atoms with Crippen molar-refractivity contribution in [2.45, 2.75) is 0 Å². The maximum Gasteiger partial charge on any atom is 0.237 e. The van der Waals surface area contributed by atoms with Crippen LogP contribution in [0.25, 0.3) is 11.1 Å². The van der Waals surface area contributed by atoms with Gasteiger partial charge in [-0.25, -0.2) is 0 Å². The van der Waals surface area contributed by atoms with Gasteiger partial charge in [-0.1, -0.05) is 18.2 Å². The van der Waals surface area contributed by atoms with Gasteiger partial charge in [0.05, 0.1) is 5.69 Å². The number of nitriles is 2. The third-order valence-corrected chi connectivity index (χ3v) is 2.94. The van der Waals surface area contributed by atoms with E-state index >= 15 is 0 Å². The molecule has 0 amide bonds. The van der Waals surface area contributed by atoms with Crippen molar-refractivity contribution in [2.24, 2.45) is 5.10 Å². The summed E-state index contributed by atoms with van der Waals surface area (Å²) < 4.78 is 0. The van der Waals surface area contributed by atoms with Gasteiger partial charge in [0, 0.05) is 5.56 Å². The minimum Gasteiger partial charge on any atom is -0.276 e. The lowest BCUT2D eigenvalue weighted by atomic mass is 10.1. The summed E-state index contributed by atoms with van der Waals surface area (Å²) in [6.45, 7) is 0. The summed E-state index contributed by atoms with van der Waals surface area (Å²) in [4.78, 5) is 0. The fourth-order valence-corrected chi connectivity index (χ4v) is 2.10. The molecular weight excluding hydrogens is 244 g/mol. The molecule has 1 aromatic heterocycles. The summed E-state index contributed by atoms with van der Waals surface area (Å²) in [5.41, 5.74) is 5.38. The monoisotopic (exact) mass is 252 g/mol. The first-order chi connectivity index (χ1) is 8.85. The van der Waals surface area contributed by atoms with E-state index in [1.165, 1.54) is 0 Å². The number of benzene rings is 1. The van der Waals surface area contributed by atoms with Crippen LogP contribution in [0.4, 0.5) is 5.69 Å². The van der Waals surface area contributed by atoms with E-state index in [1.807, 2.05) is 41.1 Å². The Kier molecular flexibility index (Phi) is 3.70. The number of hydrogen-bond acceptors (Lipinski definition) is 5. The summed E-state index contributed by atoms with van der Waals surface area (Å²) >= 11 is 1.61. The van der Waals surface area contributed by atoms with Crippen molar-refractivity contribution in [3.05, 3.63) is 41.1 Å². The molecule has 0 unspecified atom stereocenters. The van der Waals surface area contributed by atoms with Gasteiger partial charge in [-0.05, 0) is 28.5 Å². The molecule has 0 atom stereocenters. The lowest BCUT2D eigenvalue weighted by Gasteiger charge is -2.06. The summed E-state index contributed by atoms with van der Waals surface area (Å²) in [6.07, 6.45) is 0. The fourth-order valence-electron chi connectivity index (χ4n) is 1.44. The second-order valence-corrected chi connectivity index (χ2v) is 4.13. The molecule has 0 fully saturated rings. The number of rotatable bonds is 3. The van der Waals surface area contributed by atoms with Crippen LogP contribution < -0.4 is 5.43 Å². The quantitative estimate of drug-likeness (QED) is 0.673. The van der Waals surface area contributed by atoms with Crippen LogP contribution in [0.2, 0.25) is 0 Å². The Balaban J connectivity index is 2.33. The van der Waals surface area contributed by atoms with E-state index < -0.39 is 0 Å². The van der Waals surface area contributed by atoms with Gasteiger partial charge in [0.25, 0.3) is 0 Å². The number of hydrazone groups is 1. The van der Waals surface area contributed by atoms with Gasteiger partial charge < -0.3 is 0 Å². The molecule has 5 heteroatoms. The van der Waals surface area contributed by atoms with Crippen molar-refractivity contribution >= 4 is 22.7 Å². The van der Waals surface area contributed by atoms with Crippen LogP contribution in [0.3, 0.4) is 0 Å². The van der Waals surface area contributed by atoms with Crippen LogP contribution in [0.5, 0.6) is 0 Å². The van der Waals surface area contributed by atoms with E-state index in [4.69, 9.17) is 10.5 Å². The molecule has 1 aromatic carbocycles. The van der Waals surface area contributed by atoms with E-state index in [0.29, 0.717) is 0 Å². The molecule has 0 spiro atoms. The molecule has 0 aliphatic rings. The SMILES string of the molecule is N#CC(C#N)=NNc1ccccc1-c1ccsc1. The van der Waals surface area contributed by atoms with Crippen LogP contribution in [-0.4, -0.2) is 5.71 Å². The van der Waals surface area contributed by atoms with Crippen LogP contribution in [0.1, 0.15) is 0 Å². The highest BCUT2D eigenvalue weighted by Gasteiger charge is 2.04. The number of anilines is 1. The Morgan fingerprint density at radius 1 is 1.17 bits per heavy atom. The summed E-state index contributed by atoms with van der Waals surface area (Å²) in [5.74, 6) is 0. The number of para-hydroxylation sites is 1. The highest BCUT2D eigenvalue weighted by atomic mass is 32.1. The van der Waals surface area contributed by atoms with Gasteiger partial charge in [-0.15, -0.1) is 0 Å². The van der Waals surface area contributed by atoms with Gasteiger partial charge in [-0.3, -0.25) is 5.43 Å². The normalized spacial score (nSPS) is 9.00. The predicted octanol–water partition coefficient (Wildman–Crippen LogP) is 3.23. The zero-order valence-electron chi connectivity index (χ0n) is 9.29. The molecule has 1 N–H and O–H groups in total. The van der Waals surface area contributed by atoms with Crippen molar-refractivity contribution in [2.75, 3.05) is 5.43 Å². The van der Waals surface area contributed by atoms with E-state index in [2.05, 4.69) is 10.5 Å². The minimum absolute atomic E-state index is 0.199. The zero-order valence-corrected chi connectivity index (χ0v) is 10.1. The zero-order chi connectivity index (χ0) is 12.8. The second kappa shape index (κ2) is 5.62. The largest absolute Gasteiger partial charge is 0.276 e. The first kappa shape index (κ1) is 11.8. The van der Waals surface area contributed by atoms with Gasteiger partial charge in [0.15, 0.2) is 0 Å². The molecule has 0 aliphatic carbocycles. The smallest absolute Gasteiger partial charge is 0.237 e. The third kappa shape index (κ3) is 2.54. The maximum atomic E-state index is 8.62. The first-order valence-corrected chi connectivity index (χ1v) is 6.05. The Morgan fingerprint density at radius 3 is 2.61 bits per heavy atom. The molecular formula is C13H8N4S. The molecule has 0 radical (unpaired) electrons. The molecule has 0 saturated carbocycles.